The lowest BCUT2D eigenvalue weighted by molar-refractivity contribution is -0.120. The molecule has 1 aromatic carbocycles. The summed E-state index contributed by atoms with van der Waals surface area (Å²) in [7, 11) is 1.63. The predicted octanol–water partition coefficient (Wildman–Crippen LogP) is 1.40. The zero-order chi connectivity index (χ0) is 13.5. The molecule has 2 N–H and O–H groups in total. The molecule has 0 aromatic heterocycles. The fourth-order valence-corrected chi connectivity index (χ4v) is 2.01. The summed E-state index contributed by atoms with van der Waals surface area (Å²) in [4.78, 5) is 11.8. The lowest BCUT2D eigenvalue weighted by Gasteiger charge is -2.23. The van der Waals surface area contributed by atoms with Gasteiger partial charge in [-0.25, -0.2) is 0 Å². The summed E-state index contributed by atoms with van der Waals surface area (Å²) in [5.74, 6) is 0.819. The fraction of sp³-hybridized carbons (Fsp3) is 0.500. The van der Waals surface area contributed by atoms with Crippen LogP contribution >= 0.6 is 0 Å². The highest BCUT2D eigenvalue weighted by Crippen LogP contribution is 2.14. The Morgan fingerprint density at radius 1 is 1.32 bits per heavy atom. The molecule has 0 atom stereocenters. The van der Waals surface area contributed by atoms with Gasteiger partial charge in [0.2, 0.25) is 5.91 Å². The van der Waals surface area contributed by atoms with E-state index in [1.807, 2.05) is 24.3 Å². The Bertz CT molecular complexity index is 400. The molecule has 1 saturated heterocycles. The van der Waals surface area contributed by atoms with Gasteiger partial charge in [0.15, 0.2) is 0 Å². The second-order valence-corrected chi connectivity index (χ2v) is 4.54. The van der Waals surface area contributed by atoms with Gasteiger partial charge in [0, 0.05) is 24.9 Å². The molecule has 1 heterocycles. The number of amides is 1. The van der Waals surface area contributed by atoms with Crippen molar-refractivity contribution in [2.45, 2.75) is 18.9 Å². The molecular formula is C14H20N2O3. The van der Waals surface area contributed by atoms with Crippen LogP contribution in [0.25, 0.3) is 0 Å². The summed E-state index contributed by atoms with van der Waals surface area (Å²) >= 11 is 0. The lowest BCUT2D eigenvalue weighted by atomic mass is 10.1. The Kier molecular flexibility index (Phi) is 5.03. The van der Waals surface area contributed by atoms with Crippen LogP contribution < -0.4 is 15.4 Å². The van der Waals surface area contributed by atoms with Gasteiger partial charge in [0.25, 0.3) is 0 Å². The lowest BCUT2D eigenvalue weighted by Crippen LogP contribution is -2.41. The van der Waals surface area contributed by atoms with Crippen LogP contribution in [0.4, 0.5) is 5.69 Å². The van der Waals surface area contributed by atoms with Crippen molar-refractivity contribution in [3.8, 4) is 5.75 Å². The third kappa shape index (κ3) is 4.44. The summed E-state index contributed by atoms with van der Waals surface area (Å²) < 4.78 is 10.3. The number of rotatable bonds is 5. The van der Waals surface area contributed by atoms with Gasteiger partial charge >= 0.3 is 0 Å². The standard InChI is InChI=1S/C14H20N2O3/c1-18-13-4-2-11(3-5-13)15-10-14(17)16-12-6-8-19-9-7-12/h2-5,12,15H,6-10H2,1H3,(H,16,17). The molecule has 1 amide bonds. The van der Waals surface area contributed by atoms with E-state index in [4.69, 9.17) is 9.47 Å². The Morgan fingerprint density at radius 2 is 2.00 bits per heavy atom. The maximum absolute atomic E-state index is 11.8. The van der Waals surface area contributed by atoms with Crippen molar-refractivity contribution >= 4 is 11.6 Å². The maximum atomic E-state index is 11.8. The van der Waals surface area contributed by atoms with Gasteiger partial charge < -0.3 is 20.1 Å². The highest BCUT2D eigenvalue weighted by Gasteiger charge is 2.15. The molecule has 1 aliphatic heterocycles. The van der Waals surface area contributed by atoms with Crippen molar-refractivity contribution in [2.75, 3.05) is 32.2 Å². The number of anilines is 1. The second kappa shape index (κ2) is 6.99. The monoisotopic (exact) mass is 264 g/mol. The quantitative estimate of drug-likeness (QED) is 0.844. The molecular weight excluding hydrogens is 244 g/mol. The summed E-state index contributed by atoms with van der Waals surface area (Å²) in [6.45, 7) is 1.75. The number of nitrogens with one attached hydrogen (secondary N) is 2. The summed E-state index contributed by atoms with van der Waals surface area (Å²) in [5.41, 5.74) is 0.905. The molecule has 0 radical (unpaired) electrons. The van der Waals surface area contributed by atoms with E-state index in [0.29, 0.717) is 0 Å². The number of hydrogen-bond acceptors (Lipinski definition) is 4. The number of hydrogen-bond donors (Lipinski definition) is 2. The van der Waals surface area contributed by atoms with Crippen LogP contribution in [0.1, 0.15) is 12.8 Å². The SMILES string of the molecule is COc1ccc(NCC(=O)NC2CCOCC2)cc1. The van der Waals surface area contributed by atoms with Crippen molar-refractivity contribution in [3.63, 3.8) is 0 Å². The number of carbonyl (C=O) groups excluding carboxylic acids is 1. The highest BCUT2D eigenvalue weighted by atomic mass is 16.5. The van der Waals surface area contributed by atoms with E-state index in [0.717, 1.165) is 37.5 Å². The van der Waals surface area contributed by atoms with E-state index < -0.39 is 0 Å². The second-order valence-electron chi connectivity index (χ2n) is 4.54. The van der Waals surface area contributed by atoms with E-state index in [9.17, 15) is 4.79 Å². The van der Waals surface area contributed by atoms with Gasteiger partial charge in [0.1, 0.15) is 5.75 Å². The Hall–Kier alpha value is -1.75. The van der Waals surface area contributed by atoms with Gasteiger partial charge in [0.05, 0.1) is 13.7 Å². The zero-order valence-electron chi connectivity index (χ0n) is 11.1. The van der Waals surface area contributed by atoms with Crippen LogP contribution in [-0.2, 0) is 9.53 Å². The average molecular weight is 264 g/mol. The molecule has 1 aliphatic rings. The van der Waals surface area contributed by atoms with Gasteiger partial charge in [-0.3, -0.25) is 4.79 Å². The molecule has 5 heteroatoms. The van der Waals surface area contributed by atoms with Gasteiger partial charge in [-0.15, -0.1) is 0 Å². The van der Waals surface area contributed by atoms with E-state index in [1.54, 1.807) is 7.11 Å². The molecule has 19 heavy (non-hydrogen) atoms. The Labute approximate surface area is 113 Å². The number of carbonyl (C=O) groups is 1. The van der Waals surface area contributed by atoms with Crippen LogP contribution in [0, 0.1) is 0 Å². The third-order valence-corrected chi connectivity index (χ3v) is 3.13. The number of benzene rings is 1. The molecule has 0 aliphatic carbocycles. The first kappa shape index (κ1) is 13.7. The van der Waals surface area contributed by atoms with Gasteiger partial charge in [-0.2, -0.15) is 0 Å². The molecule has 0 bridgehead atoms. The van der Waals surface area contributed by atoms with Crippen molar-refractivity contribution in [1.29, 1.82) is 0 Å². The Morgan fingerprint density at radius 3 is 2.63 bits per heavy atom. The first-order valence-electron chi connectivity index (χ1n) is 6.53. The fourth-order valence-electron chi connectivity index (χ4n) is 2.01. The molecule has 1 fully saturated rings. The largest absolute Gasteiger partial charge is 0.497 e. The normalized spacial score (nSPS) is 15.8. The number of ether oxygens (including phenoxy) is 2. The Balaban J connectivity index is 1.72. The molecule has 104 valence electrons. The average Bonchev–Trinajstić information content (AvgIpc) is 2.47. The molecule has 0 unspecified atom stereocenters. The van der Waals surface area contributed by atoms with Crippen molar-refractivity contribution in [1.82, 2.24) is 5.32 Å². The number of methoxy groups -OCH3 is 1. The minimum Gasteiger partial charge on any atom is -0.497 e. The maximum Gasteiger partial charge on any atom is 0.239 e. The van der Waals surface area contributed by atoms with Crippen LogP contribution in [0.2, 0.25) is 0 Å². The first-order valence-corrected chi connectivity index (χ1v) is 6.53. The predicted molar refractivity (Wildman–Crippen MR) is 73.5 cm³/mol. The van der Waals surface area contributed by atoms with E-state index in [-0.39, 0.29) is 18.5 Å². The van der Waals surface area contributed by atoms with E-state index in [2.05, 4.69) is 10.6 Å². The summed E-state index contributed by atoms with van der Waals surface area (Å²) in [6.07, 6.45) is 1.79. The van der Waals surface area contributed by atoms with Crippen LogP contribution in [-0.4, -0.2) is 38.8 Å². The summed E-state index contributed by atoms with van der Waals surface area (Å²) in [5, 5.41) is 6.09. The van der Waals surface area contributed by atoms with E-state index >= 15 is 0 Å². The van der Waals surface area contributed by atoms with Crippen LogP contribution in [0.15, 0.2) is 24.3 Å². The molecule has 5 nitrogen and oxygen atoms in total. The van der Waals surface area contributed by atoms with Crippen molar-refractivity contribution in [2.24, 2.45) is 0 Å². The minimum atomic E-state index is 0.0164. The molecule has 0 spiro atoms. The topological polar surface area (TPSA) is 59.6 Å². The third-order valence-electron chi connectivity index (χ3n) is 3.13. The van der Waals surface area contributed by atoms with E-state index in [1.165, 1.54) is 0 Å². The van der Waals surface area contributed by atoms with Crippen molar-refractivity contribution < 1.29 is 14.3 Å². The van der Waals surface area contributed by atoms with Gasteiger partial charge in [-0.05, 0) is 37.1 Å². The van der Waals surface area contributed by atoms with Gasteiger partial charge in [-0.1, -0.05) is 0 Å². The first-order chi connectivity index (χ1) is 9.28. The zero-order valence-corrected chi connectivity index (χ0v) is 11.1. The van der Waals surface area contributed by atoms with Crippen LogP contribution in [0.5, 0.6) is 5.75 Å². The minimum absolute atomic E-state index is 0.0164. The van der Waals surface area contributed by atoms with Crippen LogP contribution in [0.3, 0.4) is 0 Å². The molecule has 1 aromatic rings. The molecule has 0 saturated carbocycles. The highest BCUT2D eigenvalue weighted by molar-refractivity contribution is 5.81. The smallest absolute Gasteiger partial charge is 0.239 e. The summed E-state index contributed by atoms with van der Waals surface area (Å²) in [6, 6.07) is 7.75. The van der Waals surface area contributed by atoms with Crippen molar-refractivity contribution in [3.05, 3.63) is 24.3 Å². The molecule has 2 rings (SSSR count).